The van der Waals surface area contributed by atoms with Gasteiger partial charge in [-0.05, 0) is 95.3 Å². The Balaban J connectivity index is 1.54. The van der Waals surface area contributed by atoms with Crippen molar-refractivity contribution in [2.45, 2.75) is 161 Å². The number of carbonyl (C=O) groups is 13. The Morgan fingerprint density at radius 2 is 1.30 bits per heavy atom. The van der Waals surface area contributed by atoms with Gasteiger partial charge in [0.2, 0.25) is 41.4 Å². The molecule has 0 spiro atoms. The molecule has 1 fully saturated rings. The van der Waals surface area contributed by atoms with Crippen LogP contribution in [0.25, 0.3) is 11.1 Å². The van der Waals surface area contributed by atoms with Gasteiger partial charge < -0.3 is 66.6 Å². The fourth-order valence-corrected chi connectivity index (χ4v) is 9.61. The molecule has 0 unspecified atom stereocenters. The van der Waals surface area contributed by atoms with Gasteiger partial charge in [-0.25, -0.2) is 18.4 Å². The highest BCUT2D eigenvalue weighted by atomic mass is 19.1. The van der Waals surface area contributed by atoms with Crippen LogP contribution in [0.5, 0.6) is 0 Å². The summed E-state index contributed by atoms with van der Waals surface area (Å²) >= 11 is 0. The average molecular weight is 1270 g/mol. The molecular weight excluding hydrogens is 1190 g/mol. The van der Waals surface area contributed by atoms with E-state index in [1.807, 2.05) is 12.1 Å². The fraction of sp³-hybridized carbons (Fsp3) is 0.517. The maximum absolute atomic E-state index is 15.4. The smallest absolute Gasteiger partial charge is 0.333 e. The Morgan fingerprint density at radius 1 is 0.678 bits per heavy atom. The van der Waals surface area contributed by atoms with Crippen molar-refractivity contribution < 1.29 is 96.4 Å². The van der Waals surface area contributed by atoms with Crippen LogP contribution in [0, 0.1) is 17.0 Å². The highest BCUT2D eigenvalue weighted by Crippen LogP contribution is 2.41. The molecular formula is C60H80F2N10O18. The lowest BCUT2D eigenvalue weighted by Crippen LogP contribution is -2.58. The van der Waals surface area contributed by atoms with Crippen molar-refractivity contribution in [1.82, 2.24) is 51.3 Å². The predicted molar refractivity (Wildman–Crippen MR) is 314 cm³/mol. The first-order chi connectivity index (χ1) is 42.3. The molecule has 9 amide bonds. The molecule has 30 heteroatoms. The quantitative estimate of drug-likeness (QED) is 0.0292. The summed E-state index contributed by atoms with van der Waals surface area (Å²) in [6.45, 7) is 7.75. The van der Waals surface area contributed by atoms with Crippen LogP contribution >= 0.6 is 0 Å². The number of carbonyl (C=O) groups excluding carboxylic acids is 10. The molecule has 3 aromatic rings. The Kier molecular flexibility index (Phi) is 28.1. The van der Waals surface area contributed by atoms with Crippen LogP contribution in [0.15, 0.2) is 60.8 Å². The summed E-state index contributed by atoms with van der Waals surface area (Å²) in [5.41, 5.74) is 0.239. The predicted octanol–water partition coefficient (Wildman–Crippen LogP) is 1.66. The highest BCUT2D eigenvalue weighted by molar-refractivity contribution is 6.01. The standard InChI is InChI=1S/C60H80F2N10O18/c1-34(65-56(85)36(3)69(7)26-13-9-12-16-52(82)90-72-47(75)20-21-48(72)76)54(83)64-35(2)55(84)68-44(30-51(80)81)58(87)67-42(57(86)63-25-23-46(74)66-43(59(88)89)19-22-50(78)79)24-27-71(49(77)33-73)53(60(4,5)6)45-28-38(40-29-39(61)17-18-41(40)62)32-70(45)31-37-14-10-8-11-15-37/h8,10-11,14-15,17-18,28-29,32,34-36,42-44,53,73H,9,12-13,16,19-27,30-31,33H2,1-7H3,(H,63,86)(H,64,83)(H,65,85)(H,66,74)(H,67,87)(H,68,84)(H,78,79)(H,80,81)(H,88,89)/t34-,35+,36-,42-,43+,44-,53-/m0/s1. The average Bonchev–Trinajstić information content (AvgIpc) is 1.68. The number of nitrogens with zero attached hydrogens (tertiary/aromatic N) is 4. The summed E-state index contributed by atoms with van der Waals surface area (Å²) in [6, 6.07) is 3.49. The molecule has 1 saturated heterocycles. The summed E-state index contributed by atoms with van der Waals surface area (Å²) in [5, 5.41) is 53.7. The molecule has 0 bridgehead atoms. The van der Waals surface area contributed by atoms with Crippen LogP contribution in [0.1, 0.15) is 129 Å². The normalized spacial score (nSPS) is 14.6. The van der Waals surface area contributed by atoms with Gasteiger partial charge in [-0.1, -0.05) is 57.5 Å². The van der Waals surface area contributed by atoms with E-state index in [0.717, 1.165) is 23.8 Å². The van der Waals surface area contributed by atoms with Crippen molar-refractivity contribution in [2.24, 2.45) is 5.41 Å². The number of hydroxylamine groups is 2. The molecule has 2 aromatic carbocycles. The van der Waals surface area contributed by atoms with E-state index in [1.165, 1.54) is 18.7 Å². The third-order valence-corrected chi connectivity index (χ3v) is 14.6. The molecule has 2 heterocycles. The van der Waals surface area contributed by atoms with Crippen LogP contribution in [-0.2, 0) is 73.7 Å². The van der Waals surface area contributed by atoms with Crippen molar-refractivity contribution in [3.8, 4) is 11.1 Å². The summed E-state index contributed by atoms with van der Waals surface area (Å²) < 4.78 is 31.8. The Labute approximate surface area is 517 Å². The van der Waals surface area contributed by atoms with Gasteiger partial charge in [-0.15, -0.1) is 5.06 Å². The molecule has 7 atom stereocenters. The Morgan fingerprint density at radius 3 is 1.90 bits per heavy atom. The third-order valence-electron chi connectivity index (χ3n) is 14.6. The van der Waals surface area contributed by atoms with Crippen molar-refractivity contribution in [3.63, 3.8) is 0 Å². The SMILES string of the molecule is C[C@H](NC(=O)[C@H](C)N(C)CCCCCC(=O)ON1C(=O)CCC1=O)C(=O)N[C@H](C)C(=O)N[C@@H](CC(=O)O)C(=O)N[C@@H](CCN(C(=O)CO)[C@@H](c1cc(-c2cc(F)ccc2F)cn1Cc1ccccc1)C(C)(C)C)C(=O)NCCC(=O)N[C@H](CCC(=O)O)C(=O)O. The number of aromatic nitrogens is 1. The number of hydrogen-bond acceptors (Lipinski definition) is 16. The maximum atomic E-state index is 15.4. The minimum atomic E-state index is -1.97. The number of hydrogen-bond donors (Lipinski definition) is 10. The summed E-state index contributed by atoms with van der Waals surface area (Å²) in [6.07, 6.45) is -0.448. The van der Waals surface area contributed by atoms with Crippen LogP contribution in [0.3, 0.4) is 0 Å². The molecule has 1 aliphatic rings. The summed E-state index contributed by atoms with van der Waals surface area (Å²) in [5.74, 6) is -14.6. The highest BCUT2D eigenvalue weighted by Gasteiger charge is 2.39. The van der Waals surface area contributed by atoms with E-state index in [9.17, 15) is 82.0 Å². The van der Waals surface area contributed by atoms with Gasteiger partial charge in [0.15, 0.2) is 0 Å². The number of aliphatic carboxylic acids is 3. The number of carboxylic acids is 3. The topological polar surface area (TPSA) is 399 Å². The molecule has 0 saturated carbocycles. The molecule has 0 radical (unpaired) electrons. The van der Waals surface area contributed by atoms with Gasteiger partial charge in [0.05, 0.1) is 18.5 Å². The molecule has 90 heavy (non-hydrogen) atoms. The second kappa shape index (κ2) is 34.5. The number of halogens is 2. The van der Waals surface area contributed by atoms with E-state index in [1.54, 1.807) is 74.7 Å². The molecule has 492 valence electrons. The van der Waals surface area contributed by atoms with Crippen molar-refractivity contribution in [1.29, 1.82) is 0 Å². The maximum Gasteiger partial charge on any atom is 0.333 e. The molecule has 10 N–H and O–H groups in total. The van der Waals surface area contributed by atoms with E-state index in [0.29, 0.717) is 36.6 Å². The van der Waals surface area contributed by atoms with Gasteiger partial charge in [0.1, 0.15) is 48.5 Å². The Hall–Kier alpha value is -9.19. The minimum absolute atomic E-state index is 0.0356. The van der Waals surface area contributed by atoms with Crippen LogP contribution in [0.4, 0.5) is 8.78 Å². The van der Waals surface area contributed by atoms with E-state index in [-0.39, 0.29) is 36.9 Å². The second-order valence-corrected chi connectivity index (χ2v) is 22.8. The third kappa shape index (κ3) is 22.8. The summed E-state index contributed by atoms with van der Waals surface area (Å²) in [7, 11) is 1.65. The van der Waals surface area contributed by atoms with Gasteiger partial charge in [0.25, 0.3) is 11.8 Å². The molecule has 4 rings (SSSR count). The first kappa shape index (κ1) is 73.3. The first-order valence-corrected chi connectivity index (χ1v) is 29.1. The van der Waals surface area contributed by atoms with Crippen molar-refractivity contribution in [3.05, 3.63) is 83.7 Å². The van der Waals surface area contributed by atoms with Crippen molar-refractivity contribution in [2.75, 3.05) is 33.3 Å². The molecule has 1 aliphatic heterocycles. The van der Waals surface area contributed by atoms with Crippen molar-refractivity contribution >= 4 is 77.0 Å². The summed E-state index contributed by atoms with van der Waals surface area (Å²) in [4.78, 5) is 174. The fourth-order valence-electron chi connectivity index (χ4n) is 9.61. The van der Waals surface area contributed by atoms with E-state index in [2.05, 4.69) is 31.9 Å². The number of nitrogens with one attached hydrogen (secondary N) is 6. The molecule has 28 nitrogen and oxygen atoms in total. The zero-order valence-corrected chi connectivity index (χ0v) is 51.2. The second-order valence-electron chi connectivity index (χ2n) is 22.8. The number of benzene rings is 2. The lowest BCUT2D eigenvalue weighted by Gasteiger charge is -2.41. The number of aliphatic hydroxyl groups excluding tert-OH is 1. The first-order valence-electron chi connectivity index (χ1n) is 29.1. The molecule has 1 aromatic heterocycles. The van der Waals surface area contributed by atoms with Gasteiger partial charge in [-0.2, -0.15) is 0 Å². The molecule has 0 aliphatic carbocycles. The monoisotopic (exact) mass is 1270 g/mol. The van der Waals surface area contributed by atoms with E-state index >= 15 is 4.39 Å². The zero-order valence-electron chi connectivity index (χ0n) is 51.2. The van der Waals surface area contributed by atoms with E-state index in [4.69, 9.17) is 9.94 Å². The number of aliphatic hydroxyl groups is 1. The minimum Gasteiger partial charge on any atom is -0.481 e. The number of likely N-dealkylation sites (N-methyl/N-ethyl adjacent to an activating group) is 1. The largest absolute Gasteiger partial charge is 0.481 e. The lowest BCUT2D eigenvalue weighted by molar-refractivity contribution is -0.197. The van der Waals surface area contributed by atoms with Gasteiger partial charge in [0, 0.05) is 74.8 Å². The van der Waals surface area contributed by atoms with Crippen LogP contribution in [0.2, 0.25) is 0 Å². The lowest BCUT2D eigenvalue weighted by atomic mass is 9.82. The van der Waals surface area contributed by atoms with E-state index < -0.39 is 188 Å². The van der Waals surface area contributed by atoms with Gasteiger partial charge in [-0.3, -0.25) is 57.6 Å². The number of rotatable bonds is 36. The van der Waals surface area contributed by atoms with Gasteiger partial charge >= 0.3 is 23.9 Å². The number of carboxylic acid groups (broad SMARTS) is 3. The Bertz CT molecular complexity index is 3090. The number of unbranched alkanes of at least 4 members (excludes halogenated alkanes) is 2. The number of amides is 9. The zero-order chi connectivity index (χ0) is 67.2. The number of imide groups is 1. The van der Waals surface area contributed by atoms with Crippen LogP contribution in [-0.4, -0.2) is 186 Å². The van der Waals surface area contributed by atoms with Crippen LogP contribution < -0.4 is 31.9 Å².